The van der Waals surface area contributed by atoms with Crippen molar-refractivity contribution in [2.75, 3.05) is 58.9 Å². The third-order valence-electron chi connectivity index (χ3n) is 7.87. The molecule has 0 saturated heterocycles. The average Bonchev–Trinajstić information content (AvgIpc) is 3.02. The van der Waals surface area contributed by atoms with E-state index in [0.717, 1.165) is 47.6 Å². The smallest absolute Gasteiger partial charge is 0.264 e. The van der Waals surface area contributed by atoms with Crippen molar-refractivity contribution in [3.05, 3.63) is 89.0 Å². The molecule has 0 bridgehead atoms. The Labute approximate surface area is 256 Å². The van der Waals surface area contributed by atoms with Crippen molar-refractivity contribution in [3.63, 3.8) is 0 Å². The van der Waals surface area contributed by atoms with Crippen LogP contribution in [-0.4, -0.2) is 86.5 Å². The van der Waals surface area contributed by atoms with Crippen molar-refractivity contribution in [3.8, 4) is 11.5 Å². The van der Waals surface area contributed by atoms with Crippen LogP contribution in [0.3, 0.4) is 0 Å². The van der Waals surface area contributed by atoms with Crippen molar-refractivity contribution in [2.45, 2.75) is 46.3 Å². The summed E-state index contributed by atoms with van der Waals surface area (Å²) in [5, 5.41) is 0. The van der Waals surface area contributed by atoms with Crippen molar-refractivity contribution in [1.29, 1.82) is 0 Å². The summed E-state index contributed by atoms with van der Waals surface area (Å²) in [6, 6.07) is 21.5. The lowest BCUT2D eigenvalue weighted by molar-refractivity contribution is -0.120. The fourth-order valence-electron chi connectivity index (χ4n) is 5.66. The number of benzene rings is 3. The Morgan fingerprint density at radius 1 is 0.930 bits per heavy atom. The van der Waals surface area contributed by atoms with Gasteiger partial charge in [0.2, 0.25) is 0 Å². The van der Waals surface area contributed by atoms with E-state index in [1.807, 2.05) is 97.5 Å². The number of nitrogens with zero attached hydrogens (tertiary/aromatic N) is 4. The molecule has 0 saturated carbocycles. The number of fused-ring (bicyclic) bond motifs is 1. The number of hydrogen-bond donors (Lipinski definition) is 0. The summed E-state index contributed by atoms with van der Waals surface area (Å²) in [5.41, 5.74) is 4.40. The number of methoxy groups -OCH3 is 1. The molecule has 1 aliphatic rings. The van der Waals surface area contributed by atoms with E-state index in [1.54, 1.807) is 7.11 Å². The first kappa shape index (κ1) is 32.0. The lowest BCUT2D eigenvalue weighted by Gasteiger charge is -2.30. The second kappa shape index (κ2) is 15.0. The van der Waals surface area contributed by atoms with Crippen molar-refractivity contribution < 1.29 is 19.1 Å². The van der Waals surface area contributed by atoms with E-state index >= 15 is 0 Å². The normalized spacial score (nSPS) is 14.8. The molecule has 8 nitrogen and oxygen atoms in total. The summed E-state index contributed by atoms with van der Waals surface area (Å²) < 4.78 is 11.5. The highest BCUT2D eigenvalue weighted by molar-refractivity contribution is 5.97. The van der Waals surface area contributed by atoms with Crippen molar-refractivity contribution >= 4 is 17.5 Å². The van der Waals surface area contributed by atoms with Gasteiger partial charge < -0.3 is 24.2 Å². The van der Waals surface area contributed by atoms with Gasteiger partial charge in [-0.2, -0.15) is 0 Å². The number of anilines is 1. The van der Waals surface area contributed by atoms with Crippen LogP contribution in [0.1, 0.15) is 47.3 Å². The molecule has 0 atom stereocenters. The van der Waals surface area contributed by atoms with Gasteiger partial charge in [-0.3, -0.25) is 14.5 Å². The standard InChI is InChI=1S/C35H46N4O4/c1-26(2)37-18-11-19-39(33(40)25-43-31-14-8-7-9-15-31)34-27(3)12-10-13-29(34)24-38(21-20-37)35(41)28-16-17-32(42-6)30(22-28)23-36(4)5/h7-10,12-17,22,26H,11,18-21,23-25H2,1-6H3. The van der Waals surface area contributed by atoms with Gasteiger partial charge in [-0.1, -0.05) is 36.4 Å². The Morgan fingerprint density at radius 2 is 1.70 bits per heavy atom. The molecule has 230 valence electrons. The van der Waals surface area contributed by atoms with Crippen LogP contribution in [-0.2, 0) is 17.9 Å². The summed E-state index contributed by atoms with van der Waals surface area (Å²) in [7, 11) is 5.65. The van der Waals surface area contributed by atoms with E-state index in [4.69, 9.17) is 9.47 Å². The maximum atomic E-state index is 14.2. The topological polar surface area (TPSA) is 65.6 Å². The van der Waals surface area contributed by atoms with Crippen LogP contribution in [0.4, 0.5) is 5.69 Å². The van der Waals surface area contributed by atoms with Gasteiger partial charge in [-0.05, 0) is 82.7 Å². The number of ether oxygens (including phenoxy) is 2. The van der Waals surface area contributed by atoms with E-state index in [0.29, 0.717) is 43.5 Å². The first-order valence-electron chi connectivity index (χ1n) is 15.1. The van der Waals surface area contributed by atoms with Gasteiger partial charge in [0, 0.05) is 56.4 Å². The van der Waals surface area contributed by atoms with Crippen LogP contribution in [0.2, 0.25) is 0 Å². The van der Waals surface area contributed by atoms with Gasteiger partial charge in [-0.25, -0.2) is 0 Å². The highest BCUT2D eigenvalue weighted by Gasteiger charge is 2.26. The van der Waals surface area contributed by atoms with Gasteiger partial charge >= 0.3 is 0 Å². The SMILES string of the molecule is COc1ccc(C(=O)N2CCN(C(C)C)CCCN(C(=O)COc3ccccc3)c3c(C)cccc3C2)cc1CN(C)C. The van der Waals surface area contributed by atoms with Crippen LogP contribution in [0.25, 0.3) is 0 Å². The summed E-state index contributed by atoms with van der Waals surface area (Å²) in [5.74, 6) is 1.29. The van der Waals surface area contributed by atoms with Gasteiger partial charge in [0.1, 0.15) is 11.5 Å². The van der Waals surface area contributed by atoms with Gasteiger partial charge in [-0.15, -0.1) is 0 Å². The molecule has 1 aliphatic heterocycles. The highest BCUT2D eigenvalue weighted by atomic mass is 16.5. The van der Waals surface area contributed by atoms with E-state index in [9.17, 15) is 9.59 Å². The maximum Gasteiger partial charge on any atom is 0.264 e. The second-order valence-electron chi connectivity index (χ2n) is 11.7. The number of para-hydroxylation sites is 2. The quantitative estimate of drug-likeness (QED) is 0.360. The predicted octanol–water partition coefficient (Wildman–Crippen LogP) is 5.23. The molecule has 0 spiro atoms. The van der Waals surface area contributed by atoms with Gasteiger partial charge in [0.05, 0.1) is 12.8 Å². The Kier molecular flexibility index (Phi) is 11.2. The van der Waals surface area contributed by atoms with Crippen LogP contribution in [0, 0.1) is 6.92 Å². The third-order valence-corrected chi connectivity index (χ3v) is 7.87. The first-order chi connectivity index (χ1) is 20.7. The number of aryl methyl sites for hydroxylation is 1. The van der Waals surface area contributed by atoms with Crippen LogP contribution >= 0.6 is 0 Å². The lowest BCUT2D eigenvalue weighted by Crippen LogP contribution is -2.41. The summed E-state index contributed by atoms with van der Waals surface area (Å²) in [4.78, 5) is 36.2. The number of carbonyl (C=O) groups excluding carboxylic acids is 2. The average molecular weight is 587 g/mol. The van der Waals surface area contributed by atoms with Crippen LogP contribution in [0.5, 0.6) is 11.5 Å². The maximum absolute atomic E-state index is 14.2. The molecule has 43 heavy (non-hydrogen) atoms. The molecule has 0 unspecified atom stereocenters. The summed E-state index contributed by atoms with van der Waals surface area (Å²) >= 11 is 0. The Balaban J connectivity index is 1.70. The first-order valence-corrected chi connectivity index (χ1v) is 15.1. The van der Waals surface area contributed by atoms with E-state index in [-0.39, 0.29) is 18.4 Å². The molecular formula is C35H46N4O4. The third kappa shape index (κ3) is 8.36. The molecule has 8 heteroatoms. The largest absolute Gasteiger partial charge is 0.496 e. The fraction of sp³-hybridized carbons (Fsp3) is 0.429. The zero-order valence-corrected chi connectivity index (χ0v) is 26.5. The van der Waals surface area contributed by atoms with Crippen LogP contribution < -0.4 is 14.4 Å². The number of carbonyl (C=O) groups is 2. The minimum absolute atomic E-state index is 0.0386. The highest BCUT2D eigenvalue weighted by Crippen LogP contribution is 2.29. The van der Waals surface area contributed by atoms with Gasteiger partial charge in [0.25, 0.3) is 11.8 Å². The monoisotopic (exact) mass is 586 g/mol. The molecule has 4 rings (SSSR count). The molecule has 2 amide bonds. The molecule has 3 aromatic rings. The lowest BCUT2D eigenvalue weighted by atomic mass is 10.0. The number of hydrogen-bond acceptors (Lipinski definition) is 6. The second-order valence-corrected chi connectivity index (χ2v) is 11.7. The van der Waals surface area contributed by atoms with Crippen LogP contribution in [0.15, 0.2) is 66.7 Å². The zero-order chi connectivity index (χ0) is 30.9. The van der Waals surface area contributed by atoms with Gasteiger partial charge in [0.15, 0.2) is 6.61 Å². The van der Waals surface area contributed by atoms with E-state index in [2.05, 4.69) is 23.6 Å². The molecule has 0 radical (unpaired) electrons. The Bertz CT molecular complexity index is 1380. The van der Waals surface area contributed by atoms with Crippen molar-refractivity contribution in [1.82, 2.24) is 14.7 Å². The summed E-state index contributed by atoms with van der Waals surface area (Å²) in [6.45, 7) is 10.1. The summed E-state index contributed by atoms with van der Waals surface area (Å²) in [6.07, 6.45) is 0.809. The molecule has 0 N–H and O–H groups in total. The van der Waals surface area contributed by atoms with E-state index < -0.39 is 0 Å². The number of amides is 2. The number of rotatable bonds is 8. The molecule has 3 aromatic carbocycles. The minimum Gasteiger partial charge on any atom is -0.496 e. The Hall–Kier alpha value is -3.88. The molecular weight excluding hydrogens is 540 g/mol. The molecule has 1 heterocycles. The fourth-order valence-corrected chi connectivity index (χ4v) is 5.66. The van der Waals surface area contributed by atoms with Crippen molar-refractivity contribution in [2.24, 2.45) is 0 Å². The zero-order valence-electron chi connectivity index (χ0n) is 26.5. The predicted molar refractivity (Wildman–Crippen MR) is 172 cm³/mol. The van der Waals surface area contributed by atoms with E-state index in [1.165, 1.54) is 0 Å². The molecule has 0 aromatic heterocycles. The molecule has 0 fully saturated rings. The minimum atomic E-state index is -0.101. The Morgan fingerprint density at radius 3 is 2.40 bits per heavy atom. The molecule has 0 aliphatic carbocycles.